The van der Waals surface area contributed by atoms with E-state index in [2.05, 4.69) is 35.9 Å². The molecule has 3 heteroatoms. The van der Waals surface area contributed by atoms with Gasteiger partial charge in [0.05, 0.1) is 6.61 Å². The first kappa shape index (κ1) is 22.8. The summed E-state index contributed by atoms with van der Waals surface area (Å²) in [4.78, 5) is 9.25. The van der Waals surface area contributed by atoms with Crippen LogP contribution in [0.2, 0.25) is 0 Å². The Morgan fingerprint density at radius 3 is 2.07 bits per heavy atom. The van der Waals surface area contributed by atoms with E-state index in [0.717, 1.165) is 48.4 Å². The van der Waals surface area contributed by atoms with Gasteiger partial charge in [0.25, 0.3) is 0 Å². The topological polar surface area (TPSA) is 35.0 Å². The Morgan fingerprint density at radius 1 is 0.800 bits per heavy atom. The van der Waals surface area contributed by atoms with E-state index >= 15 is 0 Å². The highest BCUT2D eigenvalue weighted by molar-refractivity contribution is 5.55. The first-order valence-corrected chi connectivity index (χ1v) is 12.3. The smallest absolute Gasteiger partial charge is 0.159 e. The van der Waals surface area contributed by atoms with Gasteiger partial charge in [-0.1, -0.05) is 71.6 Å². The van der Waals surface area contributed by atoms with Crippen molar-refractivity contribution in [2.75, 3.05) is 6.61 Å². The molecule has 0 atom stereocenters. The van der Waals surface area contributed by atoms with Crippen molar-refractivity contribution >= 4 is 0 Å². The number of nitrogens with zero attached hydrogens (tertiary/aromatic N) is 2. The van der Waals surface area contributed by atoms with Crippen molar-refractivity contribution < 1.29 is 4.74 Å². The number of rotatable bonds is 12. The number of benzene rings is 1. The monoisotopic (exact) mass is 408 g/mol. The van der Waals surface area contributed by atoms with Crippen molar-refractivity contribution in [1.29, 1.82) is 0 Å². The van der Waals surface area contributed by atoms with Gasteiger partial charge < -0.3 is 4.74 Å². The van der Waals surface area contributed by atoms with Gasteiger partial charge in [-0.05, 0) is 60.9 Å². The summed E-state index contributed by atoms with van der Waals surface area (Å²) < 4.78 is 5.79. The molecule has 1 aromatic carbocycles. The van der Waals surface area contributed by atoms with E-state index < -0.39 is 0 Å². The van der Waals surface area contributed by atoms with Gasteiger partial charge in [-0.3, -0.25) is 0 Å². The average Bonchev–Trinajstić information content (AvgIpc) is 2.81. The number of aromatic nitrogens is 2. The molecule has 1 aromatic heterocycles. The Kier molecular flexibility index (Phi) is 9.66. The summed E-state index contributed by atoms with van der Waals surface area (Å²) in [6, 6.07) is 8.16. The molecular formula is C27H40N2O. The van der Waals surface area contributed by atoms with E-state index in [1.165, 1.54) is 69.8 Å². The van der Waals surface area contributed by atoms with Gasteiger partial charge in [-0.15, -0.1) is 0 Å². The molecule has 1 aliphatic rings. The molecule has 0 bridgehead atoms. The molecular weight excluding hydrogens is 368 g/mol. The van der Waals surface area contributed by atoms with Crippen LogP contribution in [0.25, 0.3) is 11.4 Å². The zero-order chi connectivity index (χ0) is 21.0. The SMILES string of the molecule is CCCCCOc1ccc(-c2ncc(CC[C@H]3CC[C@H](CCCC)CC3)cn2)cc1. The standard InChI is InChI=1S/C27H40N2O/c1-3-5-7-19-30-26-17-15-25(16-18-26)27-28-20-24(21-29-27)14-13-23-11-9-22(10-12-23)8-6-4-2/h15-18,20-23H,3-14,19H2,1-2H3/t22-,23-. The average molecular weight is 409 g/mol. The van der Waals surface area contributed by atoms with Crippen LogP contribution in [0.3, 0.4) is 0 Å². The fourth-order valence-corrected chi connectivity index (χ4v) is 4.55. The Balaban J connectivity index is 1.41. The van der Waals surface area contributed by atoms with Crippen LogP contribution >= 0.6 is 0 Å². The van der Waals surface area contributed by atoms with E-state index in [-0.39, 0.29) is 0 Å². The molecule has 0 amide bonds. The summed E-state index contributed by atoms with van der Waals surface area (Å²) in [6.07, 6.45) is 19.9. The lowest BCUT2D eigenvalue weighted by molar-refractivity contribution is 0.250. The summed E-state index contributed by atoms with van der Waals surface area (Å²) in [7, 11) is 0. The lowest BCUT2D eigenvalue weighted by Crippen LogP contribution is -2.15. The first-order chi connectivity index (χ1) is 14.8. The number of hydrogen-bond acceptors (Lipinski definition) is 3. The molecule has 1 saturated carbocycles. The maximum Gasteiger partial charge on any atom is 0.159 e. The fourth-order valence-electron chi connectivity index (χ4n) is 4.55. The van der Waals surface area contributed by atoms with Crippen LogP contribution < -0.4 is 4.74 Å². The van der Waals surface area contributed by atoms with Gasteiger partial charge in [0, 0.05) is 18.0 Å². The summed E-state index contributed by atoms with van der Waals surface area (Å²) in [5, 5.41) is 0. The molecule has 164 valence electrons. The largest absolute Gasteiger partial charge is 0.494 e. The molecule has 1 fully saturated rings. The minimum atomic E-state index is 0.790. The van der Waals surface area contributed by atoms with Crippen LogP contribution in [0.4, 0.5) is 0 Å². The quantitative estimate of drug-likeness (QED) is 0.338. The number of hydrogen-bond donors (Lipinski definition) is 0. The molecule has 0 unspecified atom stereocenters. The molecule has 0 saturated heterocycles. The second-order valence-electron chi connectivity index (χ2n) is 9.06. The van der Waals surface area contributed by atoms with Crippen molar-refractivity contribution in [3.05, 3.63) is 42.2 Å². The molecule has 30 heavy (non-hydrogen) atoms. The molecule has 3 rings (SSSR count). The van der Waals surface area contributed by atoms with E-state index in [9.17, 15) is 0 Å². The van der Waals surface area contributed by atoms with Gasteiger partial charge in [-0.2, -0.15) is 0 Å². The fraction of sp³-hybridized carbons (Fsp3) is 0.630. The van der Waals surface area contributed by atoms with Gasteiger partial charge in [0.2, 0.25) is 0 Å². The van der Waals surface area contributed by atoms with Crippen molar-refractivity contribution in [2.45, 2.75) is 90.9 Å². The van der Waals surface area contributed by atoms with Gasteiger partial charge >= 0.3 is 0 Å². The Bertz CT molecular complexity index is 703. The van der Waals surface area contributed by atoms with Crippen LogP contribution in [-0.2, 0) is 6.42 Å². The van der Waals surface area contributed by atoms with Gasteiger partial charge in [0.15, 0.2) is 5.82 Å². The lowest BCUT2D eigenvalue weighted by Gasteiger charge is -2.28. The second kappa shape index (κ2) is 12.7. The maximum atomic E-state index is 5.79. The van der Waals surface area contributed by atoms with E-state index in [0.29, 0.717) is 0 Å². The van der Waals surface area contributed by atoms with E-state index in [1.807, 2.05) is 24.5 Å². The third kappa shape index (κ3) is 7.41. The third-order valence-corrected chi connectivity index (χ3v) is 6.61. The Morgan fingerprint density at radius 2 is 1.43 bits per heavy atom. The highest BCUT2D eigenvalue weighted by atomic mass is 16.5. The predicted octanol–water partition coefficient (Wildman–Crippen LogP) is 7.64. The van der Waals surface area contributed by atoms with Crippen molar-refractivity contribution in [2.24, 2.45) is 11.8 Å². The summed E-state index contributed by atoms with van der Waals surface area (Å²) in [5.41, 5.74) is 2.32. The Hall–Kier alpha value is -1.90. The van der Waals surface area contributed by atoms with Crippen LogP contribution in [0, 0.1) is 11.8 Å². The summed E-state index contributed by atoms with van der Waals surface area (Å²) >= 11 is 0. The van der Waals surface area contributed by atoms with Crippen LogP contribution in [0.1, 0.15) is 90.0 Å². The van der Waals surface area contributed by atoms with Crippen LogP contribution in [0.5, 0.6) is 5.75 Å². The van der Waals surface area contributed by atoms with E-state index in [4.69, 9.17) is 4.74 Å². The summed E-state index contributed by atoms with van der Waals surface area (Å²) in [6.45, 7) is 5.30. The zero-order valence-corrected chi connectivity index (χ0v) is 19.1. The minimum absolute atomic E-state index is 0.790. The van der Waals surface area contributed by atoms with Gasteiger partial charge in [0.1, 0.15) is 5.75 Å². The summed E-state index contributed by atoms with van der Waals surface area (Å²) in [5.74, 6) is 3.62. The van der Waals surface area contributed by atoms with Crippen molar-refractivity contribution in [3.63, 3.8) is 0 Å². The highest BCUT2D eigenvalue weighted by Crippen LogP contribution is 2.34. The highest BCUT2D eigenvalue weighted by Gasteiger charge is 2.20. The van der Waals surface area contributed by atoms with E-state index in [1.54, 1.807) is 0 Å². The Labute approximate surface area is 183 Å². The van der Waals surface area contributed by atoms with Crippen molar-refractivity contribution in [1.82, 2.24) is 9.97 Å². The molecule has 3 nitrogen and oxygen atoms in total. The predicted molar refractivity (Wildman–Crippen MR) is 126 cm³/mol. The molecule has 1 aliphatic carbocycles. The first-order valence-electron chi connectivity index (χ1n) is 12.3. The zero-order valence-electron chi connectivity index (χ0n) is 19.1. The molecule has 0 aliphatic heterocycles. The van der Waals surface area contributed by atoms with Crippen LogP contribution in [0.15, 0.2) is 36.7 Å². The molecule has 1 heterocycles. The number of ether oxygens (including phenoxy) is 1. The minimum Gasteiger partial charge on any atom is -0.494 e. The maximum absolute atomic E-state index is 5.79. The lowest BCUT2D eigenvalue weighted by atomic mass is 9.78. The third-order valence-electron chi connectivity index (χ3n) is 6.61. The van der Waals surface area contributed by atoms with Gasteiger partial charge in [-0.25, -0.2) is 9.97 Å². The molecule has 0 radical (unpaired) electrons. The number of aryl methyl sites for hydroxylation is 1. The molecule has 2 aromatic rings. The molecule has 0 spiro atoms. The number of unbranched alkanes of at least 4 members (excludes halogenated alkanes) is 3. The molecule has 0 N–H and O–H groups in total. The van der Waals surface area contributed by atoms with Crippen LogP contribution in [-0.4, -0.2) is 16.6 Å². The normalized spacial score (nSPS) is 19.0. The second-order valence-corrected chi connectivity index (χ2v) is 9.06. The van der Waals surface area contributed by atoms with Crippen molar-refractivity contribution in [3.8, 4) is 17.1 Å².